The molecule has 1 saturated carbocycles. The van der Waals surface area contributed by atoms with Crippen molar-refractivity contribution in [3.8, 4) is 5.75 Å². The van der Waals surface area contributed by atoms with Gasteiger partial charge >= 0.3 is 0 Å². The maximum atomic E-state index is 13.2. The molecule has 3 nitrogen and oxygen atoms in total. The summed E-state index contributed by atoms with van der Waals surface area (Å²) in [4.78, 5) is 15.2. The number of anilines is 1. The Morgan fingerprint density at radius 2 is 1.83 bits per heavy atom. The Hall–Kier alpha value is -2.00. The van der Waals surface area contributed by atoms with Crippen LogP contribution in [0.1, 0.15) is 47.5 Å². The lowest BCUT2D eigenvalue weighted by Crippen LogP contribution is -2.49. The molecule has 1 amide bonds. The third kappa shape index (κ3) is 2.48. The minimum Gasteiger partial charge on any atom is -0.497 e. The van der Waals surface area contributed by atoms with Crippen molar-refractivity contribution in [2.24, 2.45) is 0 Å². The molecule has 1 fully saturated rings. The van der Waals surface area contributed by atoms with Crippen LogP contribution in [0.2, 0.25) is 5.02 Å². The molecule has 0 N–H and O–H groups in total. The van der Waals surface area contributed by atoms with Crippen LogP contribution < -0.4 is 9.64 Å². The maximum absolute atomic E-state index is 13.2. The summed E-state index contributed by atoms with van der Waals surface area (Å²) in [5.41, 5.74) is 2.86. The molecule has 1 heterocycles. The summed E-state index contributed by atoms with van der Waals surface area (Å²) in [6, 6.07) is 13.7. The Bertz CT molecular complexity index is 772. The first-order valence-electron chi connectivity index (χ1n) is 8.46. The minimum atomic E-state index is 0.0787. The molecule has 2 aromatic rings. The topological polar surface area (TPSA) is 29.5 Å². The SMILES string of the molecule is COc1ccc(N2C(=O)c3ccc(Cl)cc3C3CCCCC32)cc1. The molecule has 1 aliphatic carbocycles. The molecule has 0 radical (unpaired) electrons. The van der Waals surface area contributed by atoms with E-state index in [1.54, 1.807) is 7.11 Å². The second kappa shape index (κ2) is 6.14. The molecule has 2 aromatic carbocycles. The summed E-state index contributed by atoms with van der Waals surface area (Å²) < 4.78 is 5.24. The molecule has 4 rings (SSSR count). The highest BCUT2D eigenvalue weighted by molar-refractivity contribution is 6.30. The molecule has 24 heavy (non-hydrogen) atoms. The number of nitrogens with zero attached hydrogens (tertiary/aromatic N) is 1. The fourth-order valence-corrected chi connectivity index (χ4v) is 4.33. The highest BCUT2D eigenvalue weighted by atomic mass is 35.5. The third-order valence-electron chi connectivity index (χ3n) is 5.27. The number of halogens is 1. The van der Waals surface area contributed by atoms with Gasteiger partial charge in [0.1, 0.15) is 5.75 Å². The standard InChI is InChI=1S/C20H20ClNO2/c1-24-15-9-7-14(8-10-15)22-19-5-3-2-4-16(19)18-12-13(21)6-11-17(18)20(22)23/h6-12,16,19H,2-5H2,1H3. The lowest BCUT2D eigenvalue weighted by molar-refractivity contribution is 0.0951. The van der Waals surface area contributed by atoms with Crippen molar-refractivity contribution in [1.29, 1.82) is 0 Å². The van der Waals surface area contributed by atoms with Gasteiger partial charge in [0.2, 0.25) is 0 Å². The van der Waals surface area contributed by atoms with Gasteiger partial charge in [0.05, 0.1) is 7.11 Å². The largest absolute Gasteiger partial charge is 0.497 e. The van der Waals surface area contributed by atoms with Gasteiger partial charge in [-0.2, -0.15) is 0 Å². The van der Waals surface area contributed by atoms with Crippen molar-refractivity contribution in [2.45, 2.75) is 37.6 Å². The van der Waals surface area contributed by atoms with Crippen LogP contribution in [0.25, 0.3) is 0 Å². The van der Waals surface area contributed by atoms with Crippen molar-refractivity contribution >= 4 is 23.2 Å². The average Bonchev–Trinajstić information content (AvgIpc) is 2.62. The van der Waals surface area contributed by atoms with Crippen LogP contribution in [0, 0.1) is 0 Å². The van der Waals surface area contributed by atoms with Gasteiger partial charge in [-0.05, 0) is 60.9 Å². The highest BCUT2D eigenvalue weighted by Gasteiger charge is 2.41. The molecular weight excluding hydrogens is 322 g/mol. The average molecular weight is 342 g/mol. The van der Waals surface area contributed by atoms with Crippen molar-refractivity contribution < 1.29 is 9.53 Å². The first-order valence-corrected chi connectivity index (χ1v) is 8.84. The predicted molar refractivity (Wildman–Crippen MR) is 96.3 cm³/mol. The fourth-order valence-electron chi connectivity index (χ4n) is 4.15. The predicted octanol–water partition coefficient (Wildman–Crippen LogP) is 5.04. The molecule has 0 spiro atoms. The number of benzene rings is 2. The number of rotatable bonds is 2. The molecule has 1 aliphatic heterocycles. The first-order chi connectivity index (χ1) is 11.7. The zero-order valence-electron chi connectivity index (χ0n) is 13.7. The van der Waals surface area contributed by atoms with Gasteiger partial charge < -0.3 is 9.64 Å². The van der Waals surface area contributed by atoms with E-state index in [4.69, 9.17) is 16.3 Å². The number of hydrogen-bond acceptors (Lipinski definition) is 2. The molecule has 2 aliphatic rings. The van der Waals surface area contributed by atoms with Gasteiger partial charge in [-0.25, -0.2) is 0 Å². The van der Waals surface area contributed by atoms with E-state index in [9.17, 15) is 4.79 Å². The van der Waals surface area contributed by atoms with Crippen LogP contribution in [0.5, 0.6) is 5.75 Å². The van der Waals surface area contributed by atoms with E-state index < -0.39 is 0 Å². The first kappa shape index (κ1) is 15.5. The number of carbonyl (C=O) groups is 1. The number of amides is 1. The van der Waals surface area contributed by atoms with E-state index >= 15 is 0 Å². The molecule has 0 aromatic heterocycles. The number of fused-ring (bicyclic) bond motifs is 3. The fraction of sp³-hybridized carbons (Fsp3) is 0.350. The Morgan fingerprint density at radius 3 is 2.58 bits per heavy atom. The van der Waals surface area contributed by atoms with Crippen molar-refractivity contribution in [3.63, 3.8) is 0 Å². The Labute approximate surface area is 147 Å². The molecule has 2 unspecified atom stereocenters. The Kier molecular flexibility index (Phi) is 3.97. The summed E-state index contributed by atoms with van der Waals surface area (Å²) >= 11 is 6.20. The number of hydrogen-bond donors (Lipinski definition) is 0. The lowest BCUT2D eigenvalue weighted by Gasteiger charge is -2.44. The van der Waals surface area contributed by atoms with Crippen LogP contribution in [0.15, 0.2) is 42.5 Å². The van der Waals surface area contributed by atoms with Gasteiger partial charge in [-0.3, -0.25) is 4.79 Å². The molecule has 124 valence electrons. The van der Waals surface area contributed by atoms with E-state index in [2.05, 4.69) is 0 Å². The summed E-state index contributed by atoms with van der Waals surface area (Å²) in [6.45, 7) is 0. The minimum absolute atomic E-state index is 0.0787. The van der Waals surface area contributed by atoms with Crippen LogP contribution >= 0.6 is 11.6 Å². The molecule has 0 saturated heterocycles. The van der Waals surface area contributed by atoms with Gasteiger partial charge in [-0.15, -0.1) is 0 Å². The Balaban J connectivity index is 1.81. The maximum Gasteiger partial charge on any atom is 0.258 e. The van der Waals surface area contributed by atoms with Crippen LogP contribution in [0.4, 0.5) is 5.69 Å². The van der Waals surface area contributed by atoms with E-state index in [0.717, 1.165) is 41.8 Å². The Morgan fingerprint density at radius 1 is 1.08 bits per heavy atom. The monoisotopic (exact) mass is 341 g/mol. The molecule has 4 heteroatoms. The van der Waals surface area contributed by atoms with E-state index in [1.165, 1.54) is 6.42 Å². The summed E-state index contributed by atoms with van der Waals surface area (Å²) in [5, 5.41) is 0.712. The number of ether oxygens (including phenoxy) is 1. The second-order valence-electron chi connectivity index (χ2n) is 6.56. The van der Waals surface area contributed by atoms with E-state index in [0.29, 0.717) is 10.9 Å². The van der Waals surface area contributed by atoms with Gasteiger partial charge in [-0.1, -0.05) is 24.4 Å². The summed E-state index contributed by atoms with van der Waals surface area (Å²) in [6.07, 6.45) is 4.51. The van der Waals surface area contributed by atoms with Gasteiger partial charge in [0, 0.05) is 28.2 Å². The second-order valence-corrected chi connectivity index (χ2v) is 7.00. The normalized spacial score (nSPS) is 22.8. The zero-order valence-corrected chi connectivity index (χ0v) is 14.4. The highest BCUT2D eigenvalue weighted by Crippen LogP contribution is 2.44. The van der Waals surface area contributed by atoms with Crippen LogP contribution in [-0.2, 0) is 0 Å². The number of methoxy groups -OCH3 is 1. The molecule has 0 bridgehead atoms. The summed E-state index contributed by atoms with van der Waals surface area (Å²) in [7, 11) is 1.65. The van der Waals surface area contributed by atoms with E-state index in [-0.39, 0.29) is 11.9 Å². The zero-order chi connectivity index (χ0) is 16.7. The van der Waals surface area contributed by atoms with Crippen molar-refractivity contribution in [3.05, 3.63) is 58.6 Å². The van der Waals surface area contributed by atoms with E-state index in [1.807, 2.05) is 47.4 Å². The van der Waals surface area contributed by atoms with Gasteiger partial charge in [0.15, 0.2) is 0 Å². The third-order valence-corrected chi connectivity index (χ3v) is 5.51. The smallest absolute Gasteiger partial charge is 0.258 e. The molecule has 2 atom stereocenters. The quantitative estimate of drug-likeness (QED) is 0.766. The van der Waals surface area contributed by atoms with Crippen LogP contribution in [0.3, 0.4) is 0 Å². The van der Waals surface area contributed by atoms with Crippen molar-refractivity contribution in [2.75, 3.05) is 12.0 Å². The molecular formula is C20H20ClNO2. The van der Waals surface area contributed by atoms with Crippen LogP contribution in [-0.4, -0.2) is 19.1 Å². The number of carbonyl (C=O) groups excluding carboxylic acids is 1. The summed E-state index contributed by atoms with van der Waals surface area (Å²) in [5.74, 6) is 1.25. The lowest BCUT2D eigenvalue weighted by atomic mass is 9.74. The van der Waals surface area contributed by atoms with Crippen molar-refractivity contribution in [1.82, 2.24) is 0 Å². The van der Waals surface area contributed by atoms with Gasteiger partial charge in [0.25, 0.3) is 5.91 Å².